The van der Waals surface area contributed by atoms with Gasteiger partial charge in [-0.15, -0.1) is 0 Å². The number of carbonyl (C=O) groups excluding carboxylic acids is 1. The quantitative estimate of drug-likeness (QED) is 0.0497. The van der Waals surface area contributed by atoms with E-state index in [1.54, 1.807) is 69.7 Å². The van der Waals surface area contributed by atoms with Crippen molar-refractivity contribution >= 4 is 36.9 Å². The third kappa shape index (κ3) is 16.7. The number of benzene rings is 1. The normalized spacial score (nSPS) is 21.9. The van der Waals surface area contributed by atoms with Crippen LogP contribution in [-0.2, 0) is 42.0 Å². The molecular formula is C48H76ClN4O11P. The molecule has 17 heteroatoms. The Morgan fingerprint density at radius 1 is 0.862 bits per heavy atom. The number of hydrogen-bond donors (Lipinski definition) is 1. The first kappa shape index (κ1) is 53.1. The molecule has 2 aliphatic rings. The van der Waals surface area contributed by atoms with E-state index in [9.17, 15) is 9.36 Å². The monoisotopic (exact) mass is 950 g/mol. The van der Waals surface area contributed by atoms with Gasteiger partial charge >= 0.3 is 13.9 Å². The average Bonchev–Trinajstić information content (AvgIpc) is 3.91. The van der Waals surface area contributed by atoms with Crippen LogP contribution in [0.2, 0.25) is 5.02 Å². The molecule has 0 bridgehead atoms. The summed E-state index contributed by atoms with van der Waals surface area (Å²) in [6.45, 7) is 13.4. The van der Waals surface area contributed by atoms with Gasteiger partial charge in [0.15, 0.2) is 11.6 Å². The van der Waals surface area contributed by atoms with Gasteiger partial charge in [-0.1, -0.05) is 127 Å². The molecule has 1 amide bonds. The number of ether oxygens (including phenoxy) is 6. The first-order valence-corrected chi connectivity index (χ1v) is 25.7. The van der Waals surface area contributed by atoms with Crippen LogP contribution in [0.25, 0.3) is 5.52 Å². The summed E-state index contributed by atoms with van der Waals surface area (Å²) >= 11 is 6.45. The van der Waals surface area contributed by atoms with Gasteiger partial charge < -0.3 is 32.9 Å². The number of nitrogens with zero attached hydrogens (tertiary/aromatic N) is 3. The van der Waals surface area contributed by atoms with E-state index in [2.05, 4.69) is 22.3 Å². The van der Waals surface area contributed by atoms with Crippen LogP contribution < -0.4 is 9.84 Å². The standard InChI is InChI=1S/C48H76ClN4O11P/c1-9-10-11-12-13-14-15-16-17-18-19-20-21-22-23-26-31-57-32-36(56-8)33-58-65(55,64-40-28-25-24-27-37(40)49)59-34-48(7)43-42(60-47(5,6)62-43)41(61-48)38-29-30-39-44(50-35-51-53(38)39)52-45(54)63-46(2,3)4/h24-25,27-30,35-36,41-43H,9-23,26,31-34H2,1-8H3,(H,50,51,52,54)/t36-,41+,42+,43+,48-,65?/m1/s1. The number of unbranched alkanes of at least 4 members (excludes halogenated alkanes) is 15. The SMILES string of the molecule is CCCCCCCCCCCCCCCCCCOC[C@H](COP(=O)(OC[C@@]1(C)O[C@@H](c2ccc3c(NC(=O)OC(C)(C)C)ncnn23)[C@@H]2OC(C)(C)O[C@@H]21)Oc1ccccc1Cl)OC. The Labute approximate surface area is 392 Å². The molecule has 3 aromatic rings. The van der Waals surface area contributed by atoms with E-state index >= 15 is 0 Å². The van der Waals surface area contributed by atoms with Gasteiger partial charge in [-0.3, -0.25) is 14.4 Å². The second-order valence-electron chi connectivity index (χ2n) is 18.9. The summed E-state index contributed by atoms with van der Waals surface area (Å²) in [4.78, 5) is 16.9. The molecule has 1 unspecified atom stereocenters. The fourth-order valence-corrected chi connectivity index (χ4v) is 9.75. The number of halogens is 1. The number of carbonyl (C=O) groups is 1. The van der Waals surface area contributed by atoms with Gasteiger partial charge in [0.2, 0.25) is 0 Å². The molecule has 2 aliphatic heterocycles. The number of hydrogen-bond acceptors (Lipinski definition) is 13. The van der Waals surface area contributed by atoms with Crippen LogP contribution in [0.4, 0.5) is 10.6 Å². The van der Waals surface area contributed by atoms with E-state index in [-0.39, 0.29) is 36.4 Å². The van der Waals surface area contributed by atoms with E-state index < -0.39 is 55.3 Å². The number of methoxy groups -OCH3 is 1. The average molecular weight is 952 g/mol. The number of phosphoric ester groups is 1. The maximum Gasteiger partial charge on any atom is 0.530 e. The van der Waals surface area contributed by atoms with Gasteiger partial charge in [-0.25, -0.2) is 18.9 Å². The molecule has 2 fully saturated rings. The lowest BCUT2D eigenvalue weighted by molar-refractivity contribution is -0.212. The number of phosphoric acid groups is 1. The number of fused-ring (bicyclic) bond motifs is 2. The van der Waals surface area contributed by atoms with Crippen molar-refractivity contribution in [3.05, 3.63) is 53.4 Å². The molecule has 2 aromatic heterocycles. The molecule has 0 aliphatic carbocycles. The van der Waals surface area contributed by atoms with Crippen molar-refractivity contribution in [1.82, 2.24) is 14.6 Å². The van der Waals surface area contributed by atoms with Crippen LogP contribution in [0.1, 0.15) is 163 Å². The van der Waals surface area contributed by atoms with Crippen LogP contribution in [-0.4, -0.2) is 89.5 Å². The van der Waals surface area contributed by atoms with Gasteiger partial charge in [0.1, 0.15) is 53.2 Å². The Kier molecular flexibility index (Phi) is 20.8. The van der Waals surface area contributed by atoms with E-state index in [0.29, 0.717) is 17.8 Å². The highest BCUT2D eigenvalue weighted by Crippen LogP contribution is 2.55. The fourth-order valence-electron chi connectivity index (χ4n) is 8.18. The molecule has 15 nitrogen and oxygen atoms in total. The number of anilines is 1. The smallest absolute Gasteiger partial charge is 0.444 e. The zero-order valence-electron chi connectivity index (χ0n) is 40.2. The molecule has 366 valence electrons. The van der Waals surface area contributed by atoms with Crippen LogP contribution >= 0.6 is 19.4 Å². The molecule has 6 atom stereocenters. The zero-order chi connectivity index (χ0) is 46.9. The molecule has 0 radical (unpaired) electrons. The predicted molar refractivity (Wildman–Crippen MR) is 252 cm³/mol. The summed E-state index contributed by atoms with van der Waals surface area (Å²) in [5.41, 5.74) is -0.838. The lowest BCUT2D eigenvalue weighted by atomic mass is 9.97. The second kappa shape index (κ2) is 25.5. The molecule has 65 heavy (non-hydrogen) atoms. The van der Waals surface area contributed by atoms with Gasteiger partial charge in [0, 0.05) is 13.7 Å². The molecule has 4 heterocycles. The van der Waals surface area contributed by atoms with Gasteiger partial charge in [0.25, 0.3) is 0 Å². The largest absolute Gasteiger partial charge is 0.530 e. The Bertz CT molecular complexity index is 1950. The Morgan fingerprint density at radius 3 is 2.11 bits per heavy atom. The summed E-state index contributed by atoms with van der Waals surface area (Å²) < 4.78 is 70.9. The maximum atomic E-state index is 14.6. The molecule has 1 aromatic carbocycles. The topological polar surface area (TPSA) is 159 Å². The first-order chi connectivity index (χ1) is 31.1. The second-order valence-corrected chi connectivity index (χ2v) is 20.9. The minimum absolute atomic E-state index is 0.121. The summed E-state index contributed by atoms with van der Waals surface area (Å²) in [6, 6.07) is 10.2. The van der Waals surface area contributed by atoms with Crippen LogP contribution in [0, 0.1) is 0 Å². The predicted octanol–water partition coefficient (Wildman–Crippen LogP) is 12.6. The molecule has 0 saturated carbocycles. The number of nitrogens with one attached hydrogen (secondary N) is 1. The van der Waals surface area contributed by atoms with Crippen molar-refractivity contribution in [2.75, 3.05) is 38.9 Å². The minimum Gasteiger partial charge on any atom is -0.444 e. The summed E-state index contributed by atoms with van der Waals surface area (Å²) in [7, 11) is -2.86. The number of amides is 1. The van der Waals surface area contributed by atoms with Gasteiger partial charge in [0.05, 0.1) is 30.5 Å². The van der Waals surface area contributed by atoms with E-state index in [1.165, 1.54) is 96.2 Å². The van der Waals surface area contributed by atoms with Crippen molar-refractivity contribution in [2.45, 2.75) is 193 Å². The molecule has 5 rings (SSSR count). The Morgan fingerprint density at radius 2 is 1.49 bits per heavy atom. The van der Waals surface area contributed by atoms with E-state index in [1.807, 2.05) is 19.9 Å². The minimum atomic E-state index is -4.41. The molecule has 2 saturated heterocycles. The van der Waals surface area contributed by atoms with Crippen molar-refractivity contribution in [3.8, 4) is 5.75 Å². The molecular weight excluding hydrogens is 875 g/mol. The van der Waals surface area contributed by atoms with Gasteiger partial charge in [-0.2, -0.15) is 5.10 Å². The third-order valence-corrected chi connectivity index (χ3v) is 13.2. The van der Waals surface area contributed by atoms with Crippen molar-refractivity contribution in [3.63, 3.8) is 0 Å². The van der Waals surface area contributed by atoms with Gasteiger partial charge in [-0.05, 0) is 72.2 Å². The Balaban J connectivity index is 1.13. The van der Waals surface area contributed by atoms with Crippen molar-refractivity contribution in [2.24, 2.45) is 0 Å². The summed E-state index contributed by atoms with van der Waals surface area (Å²) in [5.74, 6) is -0.619. The van der Waals surface area contributed by atoms with Crippen molar-refractivity contribution < 1.29 is 51.4 Å². The summed E-state index contributed by atoms with van der Waals surface area (Å²) in [6.07, 6.45) is 19.0. The lowest BCUT2D eigenvalue weighted by Crippen LogP contribution is -2.44. The van der Waals surface area contributed by atoms with Crippen LogP contribution in [0.5, 0.6) is 5.75 Å². The van der Waals surface area contributed by atoms with Crippen molar-refractivity contribution in [1.29, 1.82) is 0 Å². The highest BCUT2D eigenvalue weighted by atomic mass is 35.5. The first-order valence-electron chi connectivity index (χ1n) is 23.9. The number of para-hydroxylation sites is 1. The number of rotatable bonds is 30. The van der Waals surface area contributed by atoms with Crippen LogP contribution in [0.3, 0.4) is 0 Å². The summed E-state index contributed by atoms with van der Waals surface area (Å²) in [5, 5.41) is 7.41. The molecule has 0 spiro atoms. The fraction of sp³-hybridized carbons (Fsp3) is 0.729. The lowest BCUT2D eigenvalue weighted by Gasteiger charge is -2.32. The Hall–Kier alpha value is -2.85. The zero-order valence-corrected chi connectivity index (χ0v) is 41.8. The van der Waals surface area contributed by atoms with Crippen LogP contribution in [0.15, 0.2) is 42.7 Å². The maximum absolute atomic E-state index is 14.6. The van der Waals surface area contributed by atoms with E-state index in [0.717, 1.165) is 12.8 Å². The highest BCUT2D eigenvalue weighted by molar-refractivity contribution is 7.49. The number of aromatic nitrogens is 3. The highest BCUT2D eigenvalue weighted by Gasteiger charge is 2.62. The third-order valence-electron chi connectivity index (χ3n) is 11.6. The molecule has 1 N–H and O–H groups in total. The van der Waals surface area contributed by atoms with E-state index in [4.69, 9.17) is 53.6 Å².